The number of nitrogens with one attached hydrogen (secondary N) is 1. The van der Waals surface area contributed by atoms with Crippen LogP contribution in [0, 0.1) is 11.8 Å². The van der Waals surface area contributed by atoms with E-state index in [0.717, 1.165) is 69.4 Å². The number of carbonyl (C=O) groups is 2. The molecule has 0 radical (unpaired) electrons. The number of likely N-dealkylation sites (tertiary alicyclic amines) is 1. The molecule has 0 aromatic carbocycles. The van der Waals surface area contributed by atoms with Gasteiger partial charge in [-0.15, -0.1) is 11.3 Å². The SMILES string of the molecule is C[C@@H]1CCc2nc(NC(=O)c3cc(C4CCN(C(=O)C5CCCC5)CC4)no3)sc2C1. The van der Waals surface area contributed by atoms with Crippen LogP contribution in [0.5, 0.6) is 0 Å². The molecule has 2 aliphatic carbocycles. The molecule has 1 atom stereocenters. The summed E-state index contributed by atoms with van der Waals surface area (Å²) in [5.41, 5.74) is 1.93. The molecule has 3 heterocycles. The number of fused-ring (bicyclic) bond motifs is 1. The number of hydrogen-bond donors (Lipinski definition) is 1. The van der Waals surface area contributed by atoms with Gasteiger partial charge < -0.3 is 9.42 Å². The first-order valence-corrected chi connectivity index (χ1v) is 12.4. The first-order chi connectivity index (χ1) is 15.1. The van der Waals surface area contributed by atoms with E-state index in [0.29, 0.717) is 17.0 Å². The summed E-state index contributed by atoms with van der Waals surface area (Å²) in [6.45, 7) is 3.78. The minimum atomic E-state index is -0.299. The van der Waals surface area contributed by atoms with E-state index in [1.165, 1.54) is 17.7 Å². The Balaban J connectivity index is 1.17. The van der Waals surface area contributed by atoms with E-state index in [9.17, 15) is 9.59 Å². The number of hydrogen-bond acceptors (Lipinski definition) is 6. The van der Waals surface area contributed by atoms with Gasteiger partial charge in [0.2, 0.25) is 11.7 Å². The highest BCUT2D eigenvalue weighted by Crippen LogP contribution is 2.33. The molecule has 1 saturated heterocycles. The Morgan fingerprint density at radius 1 is 1.16 bits per heavy atom. The fourth-order valence-corrected chi connectivity index (χ4v) is 6.33. The smallest absolute Gasteiger partial charge is 0.296 e. The Morgan fingerprint density at radius 3 is 2.71 bits per heavy atom. The summed E-state index contributed by atoms with van der Waals surface area (Å²) in [7, 11) is 0. The third-order valence-corrected chi connectivity index (χ3v) is 8.12. The number of amides is 2. The third kappa shape index (κ3) is 4.40. The largest absolute Gasteiger partial charge is 0.351 e. The minimum Gasteiger partial charge on any atom is -0.351 e. The van der Waals surface area contributed by atoms with Crippen molar-refractivity contribution >= 4 is 28.3 Å². The summed E-state index contributed by atoms with van der Waals surface area (Å²) < 4.78 is 5.36. The van der Waals surface area contributed by atoms with Crippen LogP contribution in [0.2, 0.25) is 0 Å². The summed E-state index contributed by atoms with van der Waals surface area (Å²) in [5, 5.41) is 7.69. The van der Waals surface area contributed by atoms with Gasteiger partial charge in [-0.05, 0) is 50.9 Å². The Morgan fingerprint density at radius 2 is 1.94 bits per heavy atom. The van der Waals surface area contributed by atoms with E-state index < -0.39 is 0 Å². The van der Waals surface area contributed by atoms with Gasteiger partial charge in [-0.2, -0.15) is 0 Å². The standard InChI is InChI=1S/C23H30N4O3S/c1-14-6-7-17-20(12-14)31-23(24-17)25-21(28)19-13-18(26-30-19)15-8-10-27(11-9-15)22(29)16-4-2-3-5-16/h13-16H,2-12H2,1H3,(H,24,25,28)/t14-/m1/s1. The first-order valence-electron chi connectivity index (χ1n) is 11.6. The molecule has 1 N–H and O–H groups in total. The number of nitrogens with zero attached hydrogens (tertiary/aromatic N) is 3. The molecule has 2 amide bonds. The molecule has 0 bridgehead atoms. The van der Waals surface area contributed by atoms with Crippen molar-refractivity contribution < 1.29 is 14.1 Å². The van der Waals surface area contributed by atoms with Crippen molar-refractivity contribution in [1.29, 1.82) is 0 Å². The topological polar surface area (TPSA) is 88.3 Å². The highest BCUT2D eigenvalue weighted by atomic mass is 32.1. The Hall–Kier alpha value is -2.22. The molecule has 8 heteroatoms. The van der Waals surface area contributed by atoms with Gasteiger partial charge in [0.05, 0.1) is 11.4 Å². The summed E-state index contributed by atoms with van der Waals surface area (Å²) in [6.07, 6.45) is 9.35. The van der Waals surface area contributed by atoms with Crippen LogP contribution >= 0.6 is 11.3 Å². The second-order valence-electron chi connectivity index (χ2n) is 9.39. The quantitative estimate of drug-likeness (QED) is 0.758. The van der Waals surface area contributed by atoms with Gasteiger partial charge in [0, 0.05) is 35.9 Å². The monoisotopic (exact) mass is 442 g/mol. The molecule has 31 heavy (non-hydrogen) atoms. The second-order valence-corrected chi connectivity index (χ2v) is 10.5. The Labute approximate surface area is 186 Å². The predicted molar refractivity (Wildman–Crippen MR) is 118 cm³/mol. The molecule has 2 aromatic heterocycles. The maximum Gasteiger partial charge on any atom is 0.296 e. The zero-order valence-corrected chi connectivity index (χ0v) is 18.9. The van der Waals surface area contributed by atoms with Crippen LogP contribution in [-0.4, -0.2) is 39.9 Å². The summed E-state index contributed by atoms with van der Waals surface area (Å²) in [4.78, 5) is 33.2. The first kappa shape index (κ1) is 20.7. The average Bonchev–Trinajstić information content (AvgIpc) is 3.53. The number of aromatic nitrogens is 2. The van der Waals surface area contributed by atoms with Crippen LogP contribution in [0.3, 0.4) is 0 Å². The molecule has 0 spiro atoms. The fraction of sp³-hybridized carbons (Fsp3) is 0.652. The molecule has 7 nitrogen and oxygen atoms in total. The normalized spacial score (nSPS) is 22.5. The molecular formula is C23H30N4O3S. The highest BCUT2D eigenvalue weighted by Gasteiger charge is 2.31. The van der Waals surface area contributed by atoms with E-state index >= 15 is 0 Å². The van der Waals surface area contributed by atoms with Crippen molar-refractivity contribution in [3.8, 4) is 0 Å². The predicted octanol–water partition coefficient (Wildman–Crippen LogP) is 4.40. The number of thiazole rings is 1. The lowest BCUT2D eigenvalue weighted by atomic mass is 9.92. The number of rotatable bonds is 4. The van der Waals surface area contributed by atoms with Crippen molar-refractivity contribution in [2.45, 2.75) is 70.6 Å². The zero-order valence-electron chi connectivity index (χ0n) is 18.1. The number of aryl methyl sites for hydroxylation is 1. The Kier molecular flexibility index (Phi) is 5.82. The van der Waals surface area contributed by atoms with E-state index in [4.69, 9.17) is 4.52 Å². The molecule has 1 saturated carbocycles. The second kappa shape index (κ2) is 8.73. The van der Waals surface area contributed by atoms with Gasteiger partial charge in [0.15, 0.2) is 5.13 Å². The van der Waals surface area contributed by atoms with Crippen molar-refractivity contribution in [1.82, 2.24) is 15.0 Å². The molecule has 2 fully saturated rings. The molecule has 3 aliphatic rings. The van der Waals surface area contributed by atoms with Gasteiger partial charge >= 0.3 is 0 Å². The van der Waals surface area contributed by atoms with Crippen molar-refractivity contribution in [2.24, 2.45) is 11.8 Å². The van der Waals surface area contributed by atoms with Crippen LogP contribution in [0.4, 0.5) is 5.13 Å². The molecule has 1 aliphatic heterocycles. The minimum absolute atomic E-state index is 0.223. The van der Waals surface area contributed by atoms with Gasteiger partial charge in [0.25, 0.3) is 5.91 Å². The molecule has 0 unspecified atom stereocenters. The van der Waals surface area contributed by atoms with Crippen LogP contribution in [-0.2, 0) is 17.6 Å². The van der Waals surface area contributed by atoms with E-state index in [1.807, 2.05) is 4.90 Å². The van der Waals surface area contributed by atoms with Crippen molar-refractivity contribution in [2.75, 3.05) is 18.4 Å². The van der Waals surface area contributed by atoms with Gasteiger partial charge in [-0.25, -0.2) is 4.98 Å². The lowest BCUT2D eigenvalue weighted by Crippen LogP contribution is -2.40. The van der Waals surface area contributed by atoms with Crippen LogP contribution in [0.15, 0.2) is 10.6 Å². The third-order valence-electron chi connectivity index (χ3n) is 7.09. The highest BCUT2D eigenvalue weighted by molar-refractivity contribution is 7.15. The van der Waals surface area contributed by atoms with Crippen LogP contribution in [0.1, 0.15) is 84.6 Å². The van der Waals surface area contributed by atoms with Gasteiger partial charge in [-0.1, -0.05) is 24.9 Å². The van der Waals surface area contributed by atoms with E-state index in [1.54, 1.807) is 17.4 Å². The van der Waals surface area contributed by atoms with Crippen LogP contribution in [0.25, 0.3) is 0 Å². The molecular weight excluding hydrogens is 412 g/mol. The molecule has 166 valence electrons. The zero-order chi connectivity index (χ0) is 21.4. The maximum absolute atomic E-state index is 12.6. The van der Waals surface area contributed by atoms with Crippen molar-refractivity contribution in [3.63, 3.8) is 0 Å². The Bertz CT molecular complexity index is 954. The van der Waals surface area contributed by atoms with E-state index in [2.05, 4.69) is 22.4 Å². The summed E-state index contributed by atoms with van der Waals surface area (Å²) >= 11 is 1.57. The van der Waals surface area contributed by atoms with Gasteiger partial charge in [-0.3, -0.25) is 14.9 Å². The van der Waals surface area contributed by atoms with E-state index in [-0.39, 0.29) is 23.5 Å². The lowest BCUT2D eigenvalue weighted by molar-refractivity contribution is -0.136. The average molecular weight is 443 g/mol. The number of piperidine rings is 1. The molecule has 2 aromatic rings. The molecule has 5 rings (SSSR count). The summed E-state index contributed by atoms with van der Waals surface area (Å²) in [6, 6.07) is 1.75. The fourth-order valence-electron chi connectivity index (χ4n) is 5.17. The number of anilines is 1. The number of carbonyl (C=O) groups excluding carboxylic acids is 2. The van der Waals surface area contributed by atoms with Crippen molar-refractivity contribution in [3.05, 3.63) is 28.1 Å². The lowest BCUT2D eigenvalue weighted by Gasteiger charge is -2.32. The summed E-state index contributed by atoms with van der Waals surface area (Å²) in [5.74, 6) is 1.39. The van der Waals surface area contributed by atoms with Gasteiger partial charge in [0.1, 0.15) is 0 Å². The maximum atomic E-state index is 12.6. The van der Waals surface area contributed by atoms with Crippen LogP contribution < -0.4 is 5.32 Å².